The van der Waals surface area contributed by atoms with Crippen LogP contribution in [0.15, 0.2) is 59.7 Å². The maximum atomic E-state index is 15.2. The Morgan fingerprint density at radius 3 is 2.49 bits per heavy atom. The Balaban J connectivity index is 1.30. The number of rotatable bonds is 7. The zero-order chi connectivity index (χ0) is 35.4. The Kier molecular flexibility index (Phi) is 8.60. The summed E-state index contributed by atoms with van der Waals surface area (Å²) in [6, 6.07) is 4.35. The van der Waals surface area contributed by atoms with Gasteiger partial charge in [0, 0.05) is 54.7 Å². The van der Waals surface area contributed by atoms with E-state index in [0.29, 0.717) is 34.2 Å². The molecule has 1 aliphatic heterocycles. The number of nitrogens with zero attached hydrogens (tertiary/aromatic N) is 4. The number of anilines is 1. The first-order valence-corrected chi connectivity index (χ1v) is 14.8. The number of imidazole rings is 1. The molecule has 2 atom stereocenters. The van der Waals surface area contributed by atoms with E-state index in [1.165, 1.54) is 51.7 Å². The van der Waals surface area contributed by atoms with Crippen molar-refractivity contribution in [3.63, 3.8) is 0 Å². The minimum absolute atomic E-state index is 0.123. The lowest BCUT2D eigenvalue weighted by Crippen LogP contribution is -2.53. The minimum Gasteiger partial charge on any atom is -0.480 e. The van der Waals surface area contributed by atoms with Crippen molar-refractivity contribution in [1.82, 2.24) is 19.3 Å². The van der Waals surface area contributed by atoms with Crippen LogP contribution in [0.4, 0.5) is 32.0 Å². The number of hydrogen-bond donors (Lipinski definition) is 2. The molecule has 2 N–H and O–H groups in total. The van der Waals surface area contributed by atoms with Gasteiger partial charge in [0.25, 0.3) is 11.5 Å². The standard InChI is InChI=1S/C33H27F6N5O5/c1-16-21-11-17(34)3-6-25(21)42(2)31(46)27(16)20-5-4-18(44-8-7-40-29(20)44)14-24(32(47)48)41-30(45)28-22(35)12-19(13-23(28)36)43-9-10-49-15-26(43)33(37,38)39/h3-8,11-13,24,26H,9-10,14-15H2,1-2H3,(H,41,45)(H,47,48)/t24-,26+/m0/s1. The lowest BCUT2D eigenvalue weighted by atomic mass is 9.98. The van der Waals surface area contributed by atoms with E-state index >= 15 is 8.78 Å². The van der Waals surface area contributed by atoms with Gasteiger partial charge in [-0.1, -0.05) is 0 Å². The minimum atomic E-state index is -4.76. The first-order chi connectivity index (χ1) is 23.2. The van der Waals surface area contributed by atoms with Gasteiger partial charge in [-0.2, -0.15) is 13.2 Å². The molecule has 0 unspecified atom stereocenters. The van der Waals surface area contributed by atoms with Crippen LogP contribution in [0.25, 0.3) is 27.7 Å². The second-order valence-corrected chi connectivity index (χ2v) is 11.6. The molecule has 256 valence electrons. The number of aliphatic carboxylic acids is 1. The number of pyridine rings is 2. The molecule has 0 bridgehead atoms. The van der Waals surface area contributed by atoms with E-state index in [1.54, 1.807) is 14.0 Å². The van der Waals surface area contributed by atoms with Crippen LogP contribution < -0.4 is 15.8 Å². The highest BCUT2D eigenvalue weighted by atomic mass is 19.4. The number of hydrogen-bond acceptors (Lipinski definition) is 6. The Morgan fingerprint density at radius 2 is 1.82 bits per heavy atom. The molecule has 6 rings (SSSR count). The Bertz CT molecular complexity index is 2170. The second kappa shape index (κ2) is 12.6. The van der Waals surface area contributed by atoms with Gasteiger partial charge in [-0.15, -0.1) is 0 Å². The number of benzene rings is 2. The van der Waals surface area contributed by atoms with Crippen molar-refractivity contribution in [3.05, 3.63) is 99.5 Å². The zero-order valence-electron chi connectivity index (χ0n) is 25.8. The maximum absolute atomic E-state index is 15.2. The topological polar surface area (TPSA) is 118 Å². The highest BCUT2D eigenvalue weighted by molar-refractivity contribution is 5.97. The largest absolute Gasteiger partial charge is 0.480 e. The van der Waals surface area contributed by atoms with Gasteiger partial charge in [0.15, 0.2) is 0 Å². The van der Waals surface area contributed by atoms with E-state index in [0.717, 1.165) is 4.90 Å². The SMILES string of the molecule is Cc1c(-c2ccc(C[C@H](NC(=O)c3c(F)cc(N4CCOC[C@@H]4C(F)(F)F)cc3F)C(=O)O)n3ccnc23)c(=O)n(C)c2ccc(F)cc12. The fourth-order valence-electron chi connectivity index (χ4n) is 6.19. The smallest absolute Gasteiger partial charge is 0.411 e. The van der Waals surface area contributed by atoms with Crippen molar-refractivity contribution >= 4 is 34.1 Å². The summed E-state index contributed by atoms with van der Waals surface area (Å²) in [5.41, 5.74) is 0.114. The van der Waals surface area contributed by atoms with Crippen molar-refractivity contribution in [2.45, 2.75) is 31.6 Å². The van der Waals surface area contributed by atoms with Crippen LogP contribution in [-0.4, -0.2) is 69.0 Å². The molecule has 0 spiro atoms. The summed E-state index contributed by atoms with van der Waals surface area (Å²) in [5, 5.41) is 12.5. The molecule has 2 aromatic carbocycles. The number of carboxylic acid groups (broad SMARTS) is 1. The first kappa shape index (κ1) is 33.5. The van der Waals surface area contributed by atoms with Crippen molar-refractivity contribution < 1.29 is 45.8 Å². The third-order valence-electron chi connectivity index (χ3n) is 8.63. The van der Waals surface area contributed by atoms with E-state index in [9.17, 15) is 37.1 Å². The normalized spacial score (nSPS) is 15.9. The lowest BCUT2D eigenvalue weighted by Gasteiger charge is -2.38. The van der Waals surface area contributed by atoms with Crippen LogP contribution >= 0.6 is 0 Å². The summed E-state index contributed by atoms with van der Waals surface area (Å²) in [6.07, 6.45) is -2.27. The maximum Gasteiger partial charge on any atom is 0.411 e. The van der Waals surface area contributed by atoms with Crippen LogP contribution in [-0.2, 0) is 23.0 Å². The van der Waals surface area contributed by atoms with Gasteiger partial charge in [-0.05, 0) is 55.0 Å². The van der Waals surface area contributed by atoms with Crippen LogP contribution in [0.2, 0.25) is 0 Å². The monoisotopic (exact) mass is 687 g/mol. The molecule has 1 aliphatic rings. The molecule has 0 saturated carbocycles. The van der Waals surface area contributed by atoms with Gasteiger partial charge in [-0.3, -0.25) is 9.59 Å². The molecule has 49 heavy (non-hydrogen) atoms. The van der Waals surface area contributed by atoms with Gasteiger partial charge < -0.3 is 29.0 Å². The Labute approximate surface area is 273 Å². The van der Waals surface area contributed by atoms with Crippen molar-refractivity contribution in [3.8, 4) is 11.1 Å². The van der Waals surface area contributed by atoms with Gasteiger partial charge in [0.05, 0.1) is 24.3 Å². The number of nitrogens with one attached hydrogen (secondary N) is 1. The number of aryl methyl sites for hydroxylation is 2. The number of carboxylic acids is 1. The highest BCUT2D eigenvalue weighted by Gasteiger charge is 2.46. The molecule has 5 aromatic rings. The number of ether oxygens (including phenoxy) is 1. The molecule has 3 aromatic heterocycles. The van der Waals surface area contributed by atoms with Crippen LogP contribution in [0, 0.1) is 24.4 Å². The van der Waals surface area contributed by atoms with E-state index in [2.05, 4.69) is 10.3 Å². The first-order valence-electron chi connectivity index (χ1n) is 14.8. The summed E-state index contributed by atoms with van der Waals surface area (Å²) in [7, 11) is 1.55. The molecule has 10 nitrogen and oxygen atoms in total. The molecule has 1 saturated heterocycles. The number of amides is 1. The van der Waals surface area contributed by atoms with Crippen molar-refractivity contribution in [2.75, 3.05) is 24.7 Å². The molecule has 1 amide bonds. The van der Waals surface area contributed by atoms with Gasteiger partial charge in [0.1, 0.15) is 40.7 Å². The number of alkyl halides is 3. The van der Waals surface area contributed by atoms with E-state index in [-0.39, 0.29) is 35.6 Å². The molecular weight excluding hydrogens is 660 g/mol. The average Bonchev–Trinajstić information content (AvgIpc) is 3.54. The van der Waals surface area contributed by atoms with Gasteiger partial charge in [0.2, 0.25) is 0 Å². The number of aromatic nitrogens is 3. The molecule has 1 fully saturated rings. The quantitative estimate of drug-likeness (QED) is 0.237. The summed E-state index contributed by atoms with van der Waals surface area (Å²) < 4.78 is 92.8. The second-order valence-electron chi connectivity index (χ2n) is 11.6. The summed E-state index contributed by atoms with van der Waals surface area (Å²) in [5.74, 6) is -6.46. The number of fused-ring (bicyclic) bond motifs is 2. The Morgan fingerprint density at radius 1 is 1.10 bits per heavy atom. The number of carbonyl (C=O) groups excluding carboxylic acids is 1. The van der Waals surface area contributed by atoms with Crippen LogP contribution in [0.3, 0.4) is 0 Å². The fraction of sp³-hybridized carbons (Fsp3) is 0.273. The number of carbonyl (C=O) groups is 2. The number of halogens is 6. The zero-order valence-corrected chi connectivity index (χ0v) is 25.8. The van der Waals surface area contributed by atoms with E-state index in [4.69, 9.17) is 4.74 Å². The average molecular weight is 688 g/mol. The third-order valence-corrected chi connectivity index (χ3v) is 8.63. The van der Waals surface area contributed by atoms with Gasteiger partial charge >= 0.3 is 12.1 Å². The molecule has 4 heterocycles. The number of morpholine rings is 1. The van der Waals surface area contributed by atoms with Gasteiger partial charge in [-0.25, -0.2) is 22.9 Å². The van der Waals surface area contributed by atoms with E-state index < -0.39 is 71.9 Å². The predicted molar refractivity (Wildman–Crippen MR) is 165 cm³/mol. The highest BCUT2D eigenvalue weighted by Crippen LogP contribution is 2.33. The summed E-state index contributed by atoms with van der Waals surface area (Å²) in [4.78, 5) is 43.8. The van der Waals surface area contributed by atoms with E-state index in [1.807, 2.05) is 0 Å². The molecular formula is C33H27F6N5O5. The fourth-order valence-corrected chi connectivity index (χ4v) is 6.19. The van der Waals surface area contributed by atoms with Crippen molar-refractivity contribution in [1.29, 1.82) is 0 Å². The molecule has 0 aliphatic carbocycles. The third kappa shape index (κ3) is 6.07. The summed E-state index contributed by atoms with van der Waals surface area (Å²) in [6.45, 7) is 0.480. The van der Waals surface area contributed by atoms with Crippen molar-refractivity contribution in [2.24, 2.45) is 7.05 Å². The van der Waals surface area contributed by atoms with Crippen LogP contribution in [0.1, 0.15) is 21.6 Å². The van der Waals surface area contributed by atoms with Crippen LogP contribution in [0.5, 0.6) is 0 Å². The predicted octanol–water partition coefficient (Wildman–Crippen LogP) is 4.77. The Hall–Kier alpha value is -5.38. The molecule has 16 heteroatoms. The lowest BCUT2D eigenvalue weighted by molar-refractivity contribution is -0.167. The summed E-state index contributed by atoms with van der Waals surface area (Å²) >= 11 is 0. The molecule has 0 radical (unpaired) electrons.